The van der Waals surface area contributed by atoms with Gasteiger partial charge in [-0.3, -0.25) is 4.79 Å². The molecule has 1 aromatic heterocycles. The van der Waals surface area contributed by atoms with E-state index in [0.717, 1.165) is 42.8 Å². The number of aromatic nitrogens is 1. The number of thiol groups is 1. The van der Waals surface area contributed by atoms with Crippen molar-refractivity contribution in [2.45, 2.75) is 24.8 Å². The summed E-state index contributed by atoms with van der Waals surface area (Å²) in [6.07, 6.45) is 0. The molecule has 3 aromatic carbocycles. The molecule has 40 heavy (non-hydrogen) atoms. The Labute approximate surface area is 240 Å². The lowest BCUT2D eigenvalue weighted by molar-refractivity contribution is -0.116. The molecular weight excluding hydrogens is 518 g/mol. The summed E-state index contributed by atoms with van der Waals surface area (Å²) in [6, 6.07) is 21.7. The first-order chi connectivity index (χ1) is 19.3. The summed E-state index contributed by atoms with van der Waals surface area (Å²) in [7, 11) is 2.15. The molecule has 4 aromatic rings. The molecule has 0 bridgehead atoms. The van der Waals surface area contributed by atoms with Crippen LogP contribution >= 0.6 is 12.6 Å². The molecule has 0 atom stereocenters. The molecule has 1 aliphatic rings. The van der Waals surface area contributed by atoms with E-state index in [2.05, 4.69) is 63.8 Å². The number of anilines is 1. The fourth-order valence-corrected chi connectivity index (χ4v) is 5.02. The van der Waals surface area contributed by atoms with Crippen LogP contribution in [0.5, 0.6) is 5.88 Å². The number of H-pyrrole nitrogens is 1. The lowest BCUT2D eigenvalue weighted by Crippen LogP contribution is -2.44. The van der Waals surface area contributed by atoms with Crippen LogP contribution in [0, 0.1) is 11.8 Å². The molecule has 0 aliphatic carbocycles. The number of nitrogens with one attached hydrogen (secondary N) is 2. The van der Waals surface area contributed by atoms with E-state index in [0.29, 0.717) is 27.3 Å². The van der Waals surface area contributed by atoms with Crippen molar-refractivity contribution >= 4 is 46.5 Å². The van der Waals surface area contributed by atoms with Gasteiger partial charge < -0.3 is 25.2 Å². The van der Waals surface area contributed by atoms with Crippen molar-refractivity contribution in [1.29, 1.82) is 0 Å². The number of piperazine rings is 1. The lowest BCUT2D eigenvalue weighted by atomic mass is 10.00. The molecule has 7 nitrogen and oxygen atoms in total. The molecule has 2 heterocycles. The number of carbonyl (C=O) groups is 1. The largest absolute Gasteiger partial charge is 0.494 e. The van der Waals surface area contributed by atoms with Gasteiger partial charge in [0.25, 0.3) is 5.91 Å². The van der Waals surface area contributed by atoms with Crippen LogP contribution in [-0.4, -0.2) is 65.9 Å². The molecule has 0 unspecified atom stereocenters. The van der Waals surface area contributed by atoms with Crippen molar-refractivity contribution in [3.05, 3.63) is 83.4 Å². The third kappa shape index (κ3) is 6.17. The Morgan fingerprint density at radius 2 is 1.75 bits per heavy atom. The van der Waals surface area contributed by atoms with Gasteiger partial charge in [0.2, 0.25) is 0 Å². The minimum atomic E-state index is -0.352. The number of hydrogen-bond donors (Lipinski definition) is 4. The van der Waals surface area contributed by atoms with E-state index < -0.39 is 0 Å². The van der Waals surface area contributed by atoms with Crippen LogP contribution in [0.15, 0.2) is 76.6 Å². The van der Waals surface area contributed by atoms with Crippen LogP contribution in [0.1, 0.15) is 30.5 Å². The maximum absolute atomic E-state index is 12.0. The zero-order valence-corrected chi connectivity index (χ0v) is 23.8. The normalized spacial score (nSPS) is 14.3. The zero-order chi connectivity index (χ0) is 28.2. The Morgan fingerprint density at radius 1 is 1.05 bits per heavy atom. The SMILES string of the molecule is CC(C)NC(=O)C#Cc1cc2[nH]c(O)c(C(=Nc3ccc(N4CCN(C)CC4)cc3)c3ccccc3)c2cc1S. The van der Waals surface area contributed by atoms with Crippen molar-refractivity contribution < 1.29 is 9.90 Å². The summed E-state index contributed by atoms with van der Waals surface area (Å²) in [4.78, 5) is 25.4. The second kappa shape index (κ2) is 11.9. The van der Waals surface area contributed by atoms with Crippen molar-refractivity contribution in [2.24, 2.45) is 4.99 Å². The second-order valence-corrected chi connectivity index (χ2v) is 10.8. The number of carbonyl (C=O) groups excluding carboxylic acids is 1. The Kier molecular flexibility index (Phi) is 8.15. The number of amides is 1. The molecule has 0 spiro atoms. The second-order valence-electron chi connectivity index (χ2n) is 10.3. The molecule has 1 amide bonds. The van der Waals surface area contributed by atoms with Crippen LogP contribution in [0.3, 0.4) is 0 Å². The van der Waals surface area contributed by atoms with Gasteiger partial charge in [-0.05, 0) is 57.3 Å². The number of benzene rings is 3. The number of aromatic hydroxyl groups is 1. The zero-order valence-electron chi connectivity index (χ0n) is 22.9. The van der Waals surface area contributed by atoms with Gasteiger partial charge in [-0.15, -0.1) is 12.6 Å². The first-order valence-corrected chi connectivity index (χ1v) is 13.8. The monoisotopic (exact) mass is 551 g/mol. The smallest absolute Gasteiger partial charge is 0.296 e. The molecule has 1 saturated heterocycles. The first-order valence-electron chi connectivity index (χ1n) is 13.4. The molecule has 1 fully saturated rings. The highest BCUT2D eigenvalue weighted by atomic mass is 32.1. The summed E-state index contributed by atoms with van der Waals surface area (Å²) in [5.41, 5.74) is 5.31. The lowest BCUT2D eigenvalue weighted by Gasteiger charge is -2.34. The van der Waals surface area contributed by atoms with Gasteiger partial charge in [0.05, 0.1) is 22.5 Å². The minimum absolute atomic E-state index is 0.00125. The highest BCUT2D eigenvalue weighted by Crippen LogP contribution is 2.34. The molecule has 8 heteroatoms. The number of nitrogens with zero attached hydrogens (tertiary/aromatic N) is 3. The summed E-state index contributed by atoms with van der Waals surface area (Å²) in [5, 5.41) is 14.6. The van der Waals surface area contributed by atoms with E-state index in [1.165, 1.54) is 5.69 Å². The highest BCUT2D eigenvalue weighted by Gasteiger charge is 2.20. The fourth-order valence-electron chi connectivity index (χ4n) is 4.77. The van der Waals surface area contributed by atoms with Crippen LogP contribution < -0.4 is 10.2 Å². The third-order valence-electron chi connectivity index (χ3n) is 6.87. The maximum Gasteiger partial charge on any atom is 0.296 e. The maximum atomic E-state index is 12.0. The Morgan fingerprint density at radius 3 is 2.42 bits per heavy atom. The topological polar surface area (TPSA) is 84.0 Å². The molecule has 5 rings (SSSR count). The van der Waals surface area contributed by atoms with E-state index in [-0.39, 0.29) is 17.8 Å². The van der Waals surface area contributed by atoms with Gasteiger partial charge in [0.15, 0.2) is 5.88 Å². The van der Waals surface area contributed by atoms with Crippen LogP contribution in [-0.2, 0) is 4.79 Å². The number of hydrogen-bond acceptors (Lipinski definition) is 6. The Balaban J connectivity index is 1.54. The van der Waals surface area contributed by atoms with Crippen molar-refractivity contribution in [3.8, 4) is 17.7 Å². The number of aromatic amines is 1. The fraction of sp³-hybridized carbons (Fsp3) is 0.250. The van der Waals surface area contributed by atoms with Crippen molar-refractivity contribution in [2.75, 3.05) is 38.1 Å². The summed E-state index contributed by atoms with van der Waals surface area (Å²) in [5.74, 6) is 5.16. The number of likely N-dealkylation sites (N-methyl/N-ethyl adjacent to an activating group) is 1. The van der Waals surface area contributed by atoms with Gasteiger partial charge in [-0.2, -0.15) is 0 Å². The van der Waals surface area contributed by atoms with E-state index in [1.54, 1.807) is 6.07 Å². The van der Waals surface area contributed by atoms with Gasteiger partial charge in [-0.25, -0.2) is 4.99 Å². The van der Waals surface area contributed by atoms with Gasteiger partial charge in [0.1, 0.15) is 0 Å². The highest BCUT2D eigenvalue weighted by molar-refractivity contribution is 7.80. The molecule has 1 aliphatic heterocycles. The van der Waals surface area contributed by atoms with Crippen LogP contribution in [0.4, 0.5) is 11.4 Å². The average molecular weight is 552 g/mol. The minimum Gasteiger partial charge on any atom is -0.494 e. The van der Waals surface area contributed by atoms with Crippen molar-refractivity contribution in [3.63, 3.8) is 0 Å². The predicted molar refractivity (Wildman–Crippen MR) is 165 cm³/mol. The third-order valence-corrected chi connectivity index (χ3v) is 7.24. The number of rotatable bonds is 5. The predicted octanol–water partition coefficient (Wildman–Crippen LogP) is 4.96. The first kappa shape index (κ1) is 27.4. The summed E-state index contributed by atoms with van der Waals surface area (Å²) >= 11 is 4.65. The number of fused-ring (bicyclic) bond motifs is 1. The molecule has 0 saturated carbocycles. The van der Waals surface area contributed by atoms with Gasteiger partial charge in [0, 0.05) is 65.2 Å². The van der Waals surface area contributed by atoms with Crippen LogP contribution in [0.25, 0.3) is 10.9 Å². The van der Waals surface area contributed by atoms with E-state index in [4.69, 9.17) is 4.99 Å². The van der Waals surface area contributed by atoms with E-state index in [9.17, 15) is 9.90 Å². The molecule has 3 N–H and O–H groups in total. The van der Waals surface area contributed by atoms with Gasteiger partial charge in [-0.1, -0.05) is 36.3 Å². The number of aliphatic imine (C=N–C) groups is 1. The van der Waals surface area contributed by atoms with E-state index >= 15 is 0 Å². The summed E-state index contributed by atoms with van der Waals surface area (Å²) in [6.45, 7) is 7.85. The Bertz CT molecular complexity index is 1610. The summed E-state index contributed by atoms with van der Waals surface area (Å²) < 4.78 is 0. The van der Waals surface area contributed by atoms with E-state index in [1.807, 2.05) is 62.4 Å². The van der Waals surface area contributed by atoms with Crippen LogP contribution in [0.2, 0.25) is 0 Å². The average Bonchev–Trinajstić information content (AvgIpc) is 3.25. The quantitative estimate of drug-likeness (QED) is 0.161. The Hall–Kier alpha value is -4.19. The molecule has 0 radical (unpaired) electrons. The molecular formula is C32H33N5O2S. The molecule has 204 valence electrons. The van der Waals surface area contributed by atoms with Gasteiger partial charge >= 0.3 is 0 Å². The van der Waals surface area contributed by atoms with Crippen molar-refractivity contribution in [1.82, 2.24) is 15.2 Å². The standard InChI is InChI=1S/C32H33N5O2S/c1-21(2)33-29(38)14-9-23-19-27-26(20-28(23)40)30(32(39)35-27)31(22-7-5-4-6-8-22)34-24-10-12-25(13-11-24)37-17-15-36(3)16-18-37/h4-8,10-13,19-21,35,39-40H,15-18H2,1-3H3,(H,33,38).